The maximum Gasteiger partial charge on any atom is 0.391 e. The fraction of sp³-hybridized carbons (Fsp3) is 0.643. The maximum atomic E-state index is 12.9. The molecule has 1 aliphatic rings. The van der Waals surface area contributed by atoms with Gasteiger partial charge < -0.3 is 5.32 Å². The average Bonchev–Trinajstić information content (AvgIpc) is 3.01. The molecule has 0 radical (unpaired) electrons. The van der Waals surface area contributed by atoms with Crippen LogP contribution in [-0.4, -0.2) is 32.1 Å². The molecule has 2 atom stereocenters. The van der Waals surface area contributed by atoms with Crippen LogP contribution in [0.1, 0.15) is 31.4 Å². The number of aromatic amines is 1. The van der Waals surface area contributed by atoms with Crippen LogP contribution in [0.5, 0.6) is 0 Å². The minimum absolute atomic E-state index is 0.100. The topological polar surface area (TPSA) is 75.6 Å². The zero-order valence-electron chi connectivity index (χ0n) is 12.9. The summed E-state index contributed by atoms with van der Waals surface area (Å²) in [7, 11) is 1.73. The van der Waals surface area contributed by atoms with E-state index in [1.165, 1.54) is 0 Å². The molecule has 2 aromatic rings. The molecule has 0 aliphatic heterocycles. The Kier molecular flexibility index (Phi) is 3.81. The number of rotatable bonds is 2. The van der Waals surface area contributed by atoms with Gasteiger partial charge in [-0.3, -0.25) is 9.89 Å². The highest BCUT2D eigenvalue weighted by Crippen LogP contribution is 2.40. The van der Waals surface area contributed by atoms with Crippen LogP contribution in [0.3, 0.4) is 0 Å². The van der Waals surface area contributed by atoms with Crippen molar-refractivity contribution in [3.05, 3.63) is 5.69 Å². The van der Waals surface area contributed by atoms with Crippen molar-refractivity contribution in [3.63, 3.8) is 0 Å². The molecule has 9 heteroatoms. The monoisotopic (exact) mass is 329 g/mol. The number of nitrogens with one attached hydrogen (secondary N) is 2. The standard InChI is InChI=1S/C14H18F3N5O/c1-7-10-11(19-20-12(10)22(2)21-7)18-13(23)8-4-3-5-9(6-8)14(15,16)17/h8-9H,3-6H2,1-2H3,(H2,18,19,20,23)/t8-,9-/m1/s1. The minimum Gasteiger partial charge on any atom is -0.310 e. The highest BCUT2D eigenvalue weighted by atomic mass is 19.4. The van der Waals surface area contributed by atoms with E-state index in [1.54, 1.807) is 18.7 Å². The van der Waals surface area contributed by atoms with E-state index >= 15 is 0 Å². The molecule has 1 aliphatic carbocycles. The molecule has 23 heavy (non-hydrogen) atoms. The lowest BCUT2D eigenvalue weighted by Gasteiger charge is -2.29. The van der Waals surface area contributed by atoms with Crippen molar-refractivity contribution < 1.29 is 18.0 Å². The van der Waals surface area contributed by atoms with Gasteiger partial charge in [-0.05, 0) is 26.2 Å². The fourth-order valence-corrected chi connectivity index (χ4v) is 3.27. The van der Waals surface area contributed by atoms with Crippen molar-refractivity contribution in [2.75, 3.05) is 5.32 Å². The van der Waals surface area contributed by atoms with Crippen LogP contribution in [0.25, 0.3) is 11.0 Å². The first-order valence-corrected chi connectivity index (χ1v) is 7.52. The SMILES string of the molecule is Cc1nn(C)c2n[nH]c(NC(=O)[C@@H]3CCC[C@@H](C(F)(F)F)C3)c12. The van der Waals surface area contributed by atoms with E-state index in [1.807, 2.05) is 0 Å². The molecule has 2 heterocycles. The maximum absolute atomic E-state index is 12.9. The summed E-state index contributed by atoms with van der Waals surface area (Å²) >= 11 is 0. The average molecular weight is 329 g/mol. The number of hydrogen-bond donors (Lipinski definition) is 2. The molecule has 1 amide bonds. The number of nitrogens with zero attached hydrogens (tertiary/aromatic N) is 3. The number of carbonyl (C=O) groups excluding carboxylic acids is 1. The first-order chi connectivity index (χ1) is 10.8. The number of aromatic nitrogens is 4. The lowest BCUT2D eigenvalue weighted by molar-refractivity contribution is -0.185. The van der Waals surface area contributed by atoms with Gasteiger partial charge in [-0.15, -0.1) is 0 Å². The summed E-state index contributed by atoms with van der Waals surface area (Å²) in [5.41, 5.74) is 1.29. The molecule has 126 valence electrons. The molecule has 0 unspecified atom stereocenters. The third kappa shape index (κ3) is 2.91. The van der Waals surface area contributed by atoms with Crippen molar-refractivity contribution in [2.45, 2.75) is 38.8 Å². The number of H-pyrrole nitrogens is 1. The Balaban J connectivity index is 1.76. The fourth-order valence-electron chi connectivity index (χ4n) is 3.27. The van der Waals surface area contributed by atoms with Gasteiger partial charge in [0.1, 0.15) is 5.82 Å². The molecule has 1 saturated carbocycles. The van der Waals surface area contributed by atoms with Crippen molar-refractivity contribution in [2.24, 2.45) is 18.9 Å². The van der Waals surface area contributed by atoms with Crippen LogP contribution in [-0.2, 0) is 11.8 Å². The lowest BCUT2D eigenvalue weighted by atomic mass is 9.80. The van der Waals surface area contributed by atoms with Crippen LogP contribution < -0.4 is 5.32 Å². The summed E-state index contributed by atoms with van der Waals surface area (Å²) in [6.07, 6.45) is -3.41. The molecule has 0 spiro atoms. The quantitative estimate of drug-likeness (QED) is 0.889. The minimum atomic E-state index is -4.24. The van der Waals surface area contributed by atoms with Crippen LogP contribution in [0.4, 0.5) is 19.0 Å². The van der Waals surface area contributed by atoms with Crippen LogP contribution in [0, 0.1) is 18.8 Å². The smallest absolute Gasteiger partial charge is 0.310 e. The van der Waals surface area contributed by atoms with E-state index < -0.39 is 23.9 Å². The zero-order valence-corrected chi connectivity index (χ0v) is 12.9. The summed E-state index contributed by atoms with van der Waals surface area (Å²) < 4.78 is 40.2. The van der Waals surface area contributed by atoms with Crippen molar-refractivity contribution in [3.8, 4) is 0 Å². The van der Waals surface area contributed by atoms with Gasteiger partial charge in [0.2, 0.25) is 5.91 Å². The molecule has 6 nitrogen and oxygen atoms in total. The molecule has 2 N–H and O–H groups in total. The lowest BCUT2D eigenvalue weighted by Crippen LogP contribution is -2.34. The Labute approximate surface area is 130 Å². The van der Waals surface area contributed by atoms with E-state index in [0.717, 1.165) is 0 Å². The molecule has 2 aromatic heterocycles. The van der Waals surface area contributed by atoms with Gasteiger partial charge in [-0.2, -0.15) is 23.4 Å². The highest BCUT2D eigenvalue weighted by Gasteiger charge is 2.43. The van der Waals surface area contributed by atoms with Gasteiger partial charge >= 0.3 is 6.18 Å². The van der Waals surface area contributed by atoms with Gasteiger partial charge in [-0.1, -0.05) is 6.42 Å². The zero-order chi connectivity index (χ0) is 16.8. The van der Waals surface area contributed by atoms with Gasteiger partial charge in [0.05, 0.1) is 17.0 Å². The Morgan fingerprint density at radius 3 is 2.83 bits per heavy atom. The highest BCUT2D eigenvalue weighted by molar-refractivity contribution is 6.00. The number of halogens is 3. The Morgan fingerprint density at radius 1 is 1.39 bits per heavy atom. The van der Waals surface area contributed by atoms with Crippen molar-refractivity contribution in [1.29, 1.82) is 0 Å². The first kappa shape index (κ1) is 15.8. The second-order valence-electron chi connectivity index (χ2n) is 6.10. The molecule has 0 bridgehead atoms. The summed E-state index contributed by atoms with van der Waals surface area (Å²) in [6, 6.07) is 0. The van der Waals surface area contributed by atoms with Gasteiger partial charge in [0.15, 0.2) is 5.65 Å². The normalized spacial score (nSPS) is 22.5. The van der Waals surface area contributed by atoms with E-state index in [9.17, 15) is 18.0 Å². The molecule has 0 saturated heterocycles. The second-order valence-corrected chi connectivity index (χ2v) is 6.10. The molecular weight excluding hydrogens is 311 g/mol. The summed E-state index contributed by atoms with van der Waals surface area (Å²) in [5, 5.41) is 14.4. The van der Waals surface area contributed by atoms with Crippen molar-refractivity contribution in [1.82, 2.24) is 20.0 Å². The Morgan fingerprint density at radius 2 is 2.13 bits per heavy atom. The van der Waals surface area contributed by atoms with Gasteiger partial charge in [0, 0.05) is 13.0 Å². The number of aryl methyl sites for hydroxylation is 2. The summed E-state index contributed by atoms with van der Waals surface area (Å²) in [5.74, 6) is -2.03. The third-order valence-corrected chi connectivity index (χ3v) is 4.47. The van der Waals surface area contributed by atoms with E-state index in [2.05, 4.69) is 20.6 Å². The number of anilines is 1. The van der Waals surface area contributed by atoms with E-state index in [4.69, 9.17) is 0 Å². The molecule has 1 fully saturated rings. The van der Waals surface area contributed by atoms with Crippen LogP contribution >= 0.6 is 0 Å². The predicted molar refractivity (Wildman–Crippen MR) is 77.7 cm³/mol. The largest absolute Gasteiger partial charge is 0.391 e. The van der Waals surface area contributed by atoms with Gasteiger partial charge in [0.25, 0.3) is 0 Å². The number of amides is 1. The van der Waals surface area contributed by atoms with Crippen molar-refractivity contribution >= 4 is 22.8 Å². The second kappa shape index (κ2) is 5.54. The summed E-state index contributed by atoms with van der Waals surface area (Å²) in [6.45, 7) is 1.79. The van der Waals surface area contributed by atoms with Crippen LogP contribution in [0.15, 0.2) is 0 Å². The molecule has 3 rings (SSSR count). The Hall–Kier alpha value is -2.06. The predicted octanol–water partition coefficient (Wildman–Crippen LogP) is 2.91. The number of carbonyl (C=O) groups is 1. The molecular formula is C14H18F3N5O. The van der Waals surface area contributed by atoms with E-state index in [0.29, 0.717) is 35.4 Å². The number of alkyl halides is 3. The Bertz CT molecular complexity index is 733. The van der Waals surface area contributed by atoms with Gasteiger partial charge in [-0.25, -0.2) is 4.68 Å². The molecule has 0 aromatic carbocycles. The third-order valence-electron chi connectivity index (χ3n) is 4.47. The first-order valence-electron chi connectivity index (χ1n) is 7.52. The van der Waals surface area contributed by atoms with E-state index in [-0.39, 0.29) is 12.8 Å². The number of hydrogen-bond acceptors (Lipinski definition) is 3. The summed E-state index contributed by atoms with van der Waals surface area (Å²) in [4.78, 5) is 12.3. The number of fused-ring (bicyclic) bond motifs is 1. The van der Waals surface area contributed by atoms with Crippen LogP contribution in [0.2, 0.25) is 0 Å².